The van der Waals surface area contributed by atoms with Crippen LogP contribution in [0.4, 0.5) is 0 Å². The summed E-state index contributed by atoms with van der Waals surface area (Å²) in [4.78, 5) is 2.57. The van der Waals surface area contributed by atoms with Crippen molar-refractivity contribution in [1.82, 2.24) is 4.90 Å². The number of nitrogens with zero attached hydrogens (tertiary/aromatic N) is 2. The lowest BCUT2D eigenvalue weighted by Crippen LogP contribution is -2.37. The van der Waals surface area contributed by atoms with Gasteiger partial charge in [-0.2, -0.15) is 5.26 Å². The Bertz CT molecular complexity index is 246. The molecule has 2 aliphatic rings. The van der Waals surface area contributed by atoms with Crippen molar-refractivity contribution in [1.29, 1.82) is 5.26 Å². The molecule has 1 saturated heterocycles. The van der Waals surface area contributed by atoms with Crippen molar-refractivity contribution in [2.75, 3.05) is 13.1 Å². The highest BCUT2D eigenvalue weighted by molar-refractivity contribution is 4.92. The van der Waals surface area contributed by atoms with Crippen molar-refractivity contribution in [3.05, 3.63) is 0 Å². The van der Waals surface area contributed by atoms with Gasteiger partial charge in [0.25, 0.3) is 0 Å². The second-order valence-corrected chi connectivity index (χ2v) is 4.96. The highest BCUT2D eigenvalue weighted by Gasteiger charge is 2.35. The summed E-state index contributed by atoms with van der Waals surface area (Å²) in [5.41, 5.74) is 5.63. The monoisotopic (exact) mass is 207 g/mol. The Morgan fingerprint density at radius 3 is 2.93 bits per heavy atom. The largest absolute Gasteiger partial charge is 0.316 e. The van der Waals surface area contributed by atoms with E-state index in [0.29, 0.717) is 0 Å². The van der Waals surface area contributed by atoms with Crippen LogP contribution in [-0.4, -0.2) is 30.1 Å². The van der Waals surface area contributed by atoms with E-state index in [9.17, 15) is 0 Å². The summed E-state index contributed by atoms with van der Waals surface area (Å²) in [6.07, 6.45) is 7.80. The highest BCUT2D eigenvalue weighted by atomic mass is 15.2. The summed E-state index contributed by atoms with van der Waals surface area (Å²) in [6.45, 7) is 2.25. The zero-order valence-electron chi connectivity index (χ0n) is 9.36. The summed E-state index contributed by atoms with van der Waals surface area (Å²) in [7, 11) is 0. The van der Waals surface area contributed by atoms with Crippen molar-refractivity contribution < 1.29 is 0 Å². The number of hydrogen-bond acceptors (Lipinski definition) is 3. The van der Waals surface area contributed by atoms with Gasteiger partial charge in [0.1, 0.15) is 0 Å². The topological polar surface area (TPSA) is 53.1 Å². The van der Waals surface area contributed by atoms with Gasteiger partial charge >= 0.3 is 0 Å². The number of hydrogen-bond donors (Lipinski definition) is 1. The standard InChI is InChI=1S/C12H21N3/c13-9-11(14)6-8-15-7-5-10-3-1-2-4-12(10)15/h10-12H,1-8,14H2. The Morgan fingerprint density at radius 1 is 1.33 bits per heavy atom. The van der Waals surface area contributed by atoms with Gasteiger partial charge in [0.15, 0.2) is 0 Å². The van der Waals surface area contributed by atoms with Crippen LogP contribution in [0.1, 0.15) is 38.5 Å². The third-order valence-electron chi connectivity index (χ3n) is 4.02. The van der Waals surface area contributed by atoms with Crippen molar-refractivity contribution in [2.24, 2.45) is 11.7 Å². The van der Waals surface area contributed by atoms with Crippen LogP contribution in [0.15, 0.2) is 0 Å². The Morgan fingerprint density at radius 2 is 2.13 bits per heavy atom. The molecule has 1 aliphatic heterocycles. The van der Waals surface area contributed by atoms with Crippen LogP contribution in [0.25, 0.3) is 0 Å². The van der Waals surface area contributed by atoms with Crippen LogP contribution in [0.2, 0.25) is 0 Å². The molecule has 1 saturated carbocycles. The molecule has 0 bridgehead atoms. The predicted octanol–water partition coefficient (Wildman–Crippen LogP) is 1.49. The van der Waals surface area contributed by atoms with E-state index in [4.69, 9.17) is 11.0 Å². The smallest absolute Gasteiger partial charge is 0.0940 e. The number of fused-ring (bicyclic) bond motifs is 1. The third-order valence-corrected chi connectivity index (χ3v) is 4.02. The van der Waals surface area contributed by atoms with Gasteiger partial charge in [-0.15, -0.1) is 0 Å². The summed E-state index contributed by atoms with van der Waals surface area (Å²) in [5, 5.41) is 8.65. The van der Waals surface area contributed by atoms with Crippen molar-refractivity contribution in [2.45, 2.75) is 50.6 Å². The van der Waals surface area contributed by atoms with Gasteiger partial charge in [-0.25, -0.2) is 0 Å². The summed E-state index contributed by atoms with van der Waals surface area (Å²) in [6, 6.07) is 2.65. The quantitative estimate of drug-likeness (QED) is 0.763. The molecule has 84 valence electrons. The van der Waals surface area contributed by atoms with E-state index in [1.54, 1.807) is 0 Å². The molecule has 2 N–H and O–H groups in total. The van der Waals surface area contributed by atoms with Crippen LogP contribution < -0.4 is 5.73 Å². The fourth-order valence-corrected chi connectivity index (χ4v) is 3.15. The molecule has 2 rings (SSSR count). The molecule has 0 aromatic rings. The first-order valence-corrected chi connectivity index (χ1v) is 6.20. The maximum absolute atomic E-state index is 8.65. The van der Waals surface area contributed by atoms with E-state index in [-0.39, 0.29) is 6.04 Å². The van der Waals surface area contributed by atoms with E-state index in [2.05, 4.69) is 11.0 Å². The average Bonchev–Trinajstić information content (AvgIpc) is 2.69. The van der Waals surface area contributed by atoms with Gasteiger partial charge in [-0.3, -0.25) is 0 Å². The van der Waals surface area contributed by atoms with Gasteiger partial charge in [-0.1, -0.05) is 12.8 Å². The third kappa shape index (κ3) is 2.50. The molecule has 15 heavy (non-hydrogen) atoms. The molecule has 0 aromatic heterocycles. The van der Waals surface area contributed by atoms with E-state index >= 15 is 0 Å². The van der Waals surface area contributed by atoms with Gasteiger partial charge in [0, 0.05) is 12.6 Å². The molecule has 3 atom stereocenters. The molecule has 3 nitrogen and oxygen atoms in total. The number of nitrogens with two attached hydrogens (primary N) is 1. The second-order valence-electron chi connectivity index (χ2n) is 4.96. The normalized spacial score (nSPS) is 33.3. The summed E-state index contributed by atoms with van der Waals surface area (Å²) in [5.74, 6) is 0.942. The lowest BCUT2D eigenvalue weighted by atomic mass is 9.85. The lowest BCUT2D eigenvalue weighted by molar-refractivity contribution is 0.180. The van der Waals surface area contributed by atoms with Crippen LogP contribution in [0.3, 0.4) is 0 Å². The van der Waals surface area contributed by atoms with Crippen molar-refractivity contribution in [3.8, 4) is 6.07 Å². The fraction of sp³-hybridized carbons (Fsp3) is 0.917. The highest BCUT2D eigenvalue weighted by Crippen LogP contribution is 2.35. The van der Waals surface area contributed by atoms with Gasteiger partial charge < -0.3 is 10.6 Å². The predicted molar refractivity (Wildman–Crippen MR) is 60.1 cm³/mol. The minimum atomic E-state index is -0.271. The zero-order chi connectivity index (χ0) is 10.7. The minimum absolute atomic E-state index is 0.271. The second kappa shape index (κ2) is 4.96. The minimum Gasteiger partial charge on any atom is -0.316 e. The van der Waals surface area contributed by atoms with E-state index < -0.39 is 0 Å². The molecule has 1 heterocycles. The lowest BCUT2D eigenvalue weighted by Gasteiger charge is -2.31. The van der Waals surface area contributed by atoms with Gasteiger partial charge in [0.05, 0.1) is 12.1 Å². The Labute approximate surface area is 92.2 Å². The maximum atomic E-state index is 8.65. The Balaban J connectivity index is 1.81. The van der Waals surface area contributed by atoms with Crippen LogP contribution >= 0.6 is 0 Å². The average molecular weight is 207 g/mol. The van der Waals surface area contributed by atoms with E-state index in [1.807, 2.05) is 0 Å². The Hall–Kier alpha value is -0.590. The first-order valence-electron chi connectivity index (χ1n) is 6.20. The van der Waals surface area contributed by atoms with Crippen molar-refractivity contribution in [3.63, 3.8) is 0 Å². The van der Waals surface area contributed by atoms with Gasteiger partial charge in [0.2, 0.25) is 0 Å². The molecular weight excluding hydrogens is 186 g/mol. The number of nitriles is 1. The molecule has 0 spiro atoms. The molecule has 0 aromatic carbocycles. The SMILES string of the molecule is N#CC(N)CCN1CCC2CCCCC21. The number of likely N-dealkylation sites (tertiary alicyclic amines) is 1. The molecular formula is C12H21N3. The Kier molecular flexibility index (Phi) is 3.61. The molecule has 3 unspecified atom stereocenters. The first-order chi connectivity index (χ1) is 7.31. The number of rotatable bonds is 3. The fourth-order valence-electron chi connectivity index (χ4n) is 3.15. The summed E-state index contributed by atoms with van der Waals surface area (Å²) >= 11 is 0. The van der Waals surface area contributed by atoms with Crippen LogP contribution in [-0.2, 0) is 0 Å². The van der Waals surface area contributed by atoms with Crippen LogP contribution in [0, 0.1) is 17.2 Å². The van der Waals surface area contributed by atoms with Gasteiger partial charge in [-0.05, 0) is 38.1 Å². The zero-order valence-corrected chi connectivity index (χ0v) is 9.36. The molecule has 0 amide bonds. The molecule has 2 fully saturated rings. The van der Waals surface area contributed by atoms with E-state index in [0.717, 1.165) is 24.9 Å². The summed E-state index contributed by atoms with van der Waals surface area (Å²) < 4.78 is 0. The van der Waals surface area contributed by atoms with Crippen molar-refractivity contribution >= 4 is 0 Å². The molecule has 0 radical (unpaired) electrons. The maximum Gasteiger partial charge on any atom is 0.0940 e. The first kappa shape index (κ1) is 10.9. The molecule has 3 heteroatoms. The van der Waals surface area contributed by atoms with E-state index in [1.165, 1.54) is 38.6 Å². The van der Waals surface area contributed by atoms with Crippen LogP contribution in [0.5, 0.6) is 0 Å². The molecule has 1 aliphatic carbocycles.